The van der Waals surface area contributed by atoms with Crippen LogP contribution in [0.25, 0.3) is 0 Å². The van der Waals surface area contributed by atoms with Gasteiger partial charge in [-0.1, -0.05) is 0 Å². The fourth-order valence-electron chi connectivity index (χ4n) is 3.00. The van der Waals surface area contributed by atoms with Crippen LogP contribution in [0.5, 0.6) is 34.5 Å². The summed E-state index contributed by atoms with van der Waals surface area (Å²) >= 11 is 0. The first kappa shape index (κ1) is 23.7. The third-order valence-corrected chi connectivity index (χ3v) is 4.83. The average molecular weight is 468 g/mol. The smallest absolute Gasteiger partial charge is 0.338 e. The molecule has 0 aromatic heterocycles. The Morgan fingerprint density at radius 1 is 0.788 bits per heavy atom. The zero-order chi connectivity index (χ0) is 24.4. The molecule has 2 aromatic rings. The predicted molar refractivity (Wildman–Crippen MR) is 104 cm³/mol. The van der Waals surface area contributed by atoms with Gasteiger partial charge in [-0.2, -0.15) is 0 Å². The Bertz CT molecular complexity index is 1020. The second-order valence-corrected chi connectivity index (χ2v) is 7.12. The van der Waals surface area contributed by atoms with Gasteiger partial charge >= 0.3 is 11.9 Å². The number of rotatable bonds is 5. The molecule has 0 radical (unpaired) electrons. The maximum absolute atomic E-state index is 12.2. The lowest BCUT2D eigenvalue weighted by Crippen LogP contribution is -2.55. The zero-order valence-electron chi connectivity index (χ0n) is 16.7. The second-order valence-electron chi connectivity index (χ2n) is 7.12. The summed E-state index contributed by atoms with van der Waals surface area (Å²) in [5, 5.41) is 77.0. The van der Waals surface area contributed by atoms with Crippen LogP contribution in [0.2, 0.25) is 0 Å². The van der Waals surface area contributed by atoms with E-state index in [9.17, 15) is 50.4 Å². The van der Waals surface area contributed by atoms with E-state index in [0.717, 1.165) is 24.3 Å². The standard InChI is InChI=1S/C20H20O13/c21-9-1-7(2-10(22)15(9)25)19(29)32-5-13-17(27)18(28)14(6-31-13)33-20(30)8-3-11(23)16(26)12(24)4-8/h1-4,13-14,17-18,21-28H,5-6H2/t13-,14-,17+,18+/m0/s1. The van der Waals surface area contributed by atoms with Crippen molar-refractivity contribution < 1.29 is 64.7 Å². The number of phenols is 6. The number of esters is 2. The van der Waals surface area contributed by atoms with Gasteiger partial charge in [0, 0.05) is 0 Å². The first-order valence-corrected chi connectivity index (χ1v) is 9.35. The van der Waals surface area contributed by atoms with Gasteiger partial charge in [0.25, 0.3) is 0 Å². The third kappa shape index (κ3) is 4.95. The molecular weight excluding hydrogens is 448 g/mol. The van der Waals surface area contributed by atoms with Gasteiger partial charge in [-0.15, -0.1) is 0 Å². The maximum atomic E-state index is 12.2. The highest BCUT2D eigenvalue weighted by molar-refractivity contribution is 5.91. The van der Waals surface area contributed by atoms with Gasteiger partial charge in [0.05, 0.1) is 17.7 Å². The van der Waals surface area contributed by atoms with Crippen molar-refractivity contribution in [2.45, 2.75) is 24.4 Å². The first-order valence-electron chi connectivity index (χ1n) is 9.35. The summed E-state index contributed by atoms with van der Waals surface area (Å²) in [6.07, 6.45) is -5.90. The van der Waals surface area contributed by atoms with E-state index in [1.807, 2.05) is 0 Å². The molecule has 2 aromatic carbocycles. The van der Waals surface area contributed by atoms with Crippen molar-refractivity contribution in [3.63, 3.8) is 0 Å². The normalized spacial score (nSPS) is 22.5. The minimum absolute atomic E-state index is 0.305. The summed E-state index contributed by atoms with van der Waals surface area (Å²) in [5.74, 6) is -6.86. The molecule has 178 valence electrons. The Morgan fingerprint density at radius 2 is 1.24 bits per heavy atom. The molecule has 0 aliphatic carbocycles. The lowest BCUT2D eigenvalue weighted by molar-refractivity contribution is -0.196. The Morgan fingerprint density at radius 3 is 1.73 bits per heavy atom. The number of hydrogen-bond donors (Lipinski definition) is 8. The van der Waals surface area contributed by atoms with E-state index in [1.54, 1.807) is 0 Å². The molecule has 1 heterocycles. The van der Waals surface area contributed by atoms with Crippen molar-refractivity contribution in [2.75, 3.05) is 13.2 Å². The molecule has 0 unspecified atom stereocenters. The molecule has 0 amide bonds. The largest absolute Gasteiger partial charge is 0.504 e. The molecule has 3 rings (SSSR count). The van der Waals surface area contributed by atoms with Gasteiger partial charge in [-0.05, 0) is 24.3 Å². The molecule has 1 fully saturated rings. The number of ether oxygens (including phenoxy) is 3. The highest BCUT2D eigenvalue weighted by Crippen LogP contribution is 2.36. The van der Waals surface area contributed by atoms with Crippen LogP contribution in [0.3, 0.4) is 0 Å². The van der Waals surface area contributed by atoms with Crippen molar-refractivity contribution in [1.82, 2.24) is 0 Å². The number of aromatic hydroxyl groups is 6. The predicted octanol–water partition coefficient (Wildman–Crippen LogP) is -0.577. The van der Waals surface area contributed by atoms with Crippen molar-refractivity contribution in [3.8, 4) is 34.5 Å². The minimum atomic E-state index is -1.66. The Labute approximate surface area is 184 Å². The lowest BCUT2D eigenvalue weighted by atomic mass is 10.0. The molecule has 1 aliphatic rings. The van der Waals surface area contributed by atoms with Crippen molar-refractivity contribution in [1.29, 1.82) is 0 Å². The number of carbonyl (C=O) groups excluding carboxylic acids is 2. The van der Waals surface area contributed by atoms with Crippen LogP contribution in [-0.2, 0) is 14.2 Å². The fraction of sp³-hybridized carbons (Fsp3) is 0.300. The number of aliphatic hydroxyl groups excluding tert-OH is 2. The Balaban J connectivity index is 1.58. The highest BCUT2D eigenvalue weighted by Gasteiger charge is 2.41. The molecule has 0 bridgehead atoms. The van der Waals surface area contributed by atoms with Gasteiger partial charge < -0.3 is 55.1 Å². The van der Waals surface area contributed by atoms with E-state index >= 15 is 0 Å². The highest BCUT2D eigenvalue weighted by atomic mass is 16.6. The van der Waals surface area contributed by atoms with E-state index in [-0.39, 0.29) is 11.1 Å². The summed E-state index contributed by atoms with van der Waals surface area (Å²) in [6, 6.07) is 3.34. The van der Waals surface area contributed by atoms with Crippen LogP contribution < -0.4 is 0 Å². The van der Waals surface area contributed by atoms with Crippen LogP contribution in [0.4, 0.5) is 0 Å². The van der Waals surface area contributed by atoms with Gasteiger partial charge in [-0.25, -0.2) is 9.59 Å². The Hall–Kier alpha value is -3.94. The number of aliphatic hydroxyl groups is 2. The fourth-order valence-corrected chi connectivity index (χ4v) is 3.00. The van der Waals surface area contributed by atoms with E-state index in [4.69, 9.17) is 14.2 Å². The van der Waals surface area contributed by atoms with Crippen LogP contribution in [0.15, 0.2) is 24.3 Å². The second kappa shape index (κ2) is 9.28. The minimum Gasteiger partial charge on any atom is -0.504 e. The van der Waals surface area contributed by atoms with Crippen molar-refractivity contribution in [2.24, 2.45) is 0 Å². The van der Waals surface area contributed by atoms with E-state index in [0.29, 0.717) is 0 Å². The lowest BCUT2D eigenvalue weighted by Gasteiger charge is -2.36. The topological polar surface area (TPSA) is 224 Å². The molecule has 0 saturated carbocycles. The number of hydrogen-bond acceptors (Lipinski definition) is 13. The van der Waals surface area contributed by atoms with Crippen LogP contribution in [0, 0.1) is 0 Å². The van der Waals surface area contributed by atoms with E-state index < -0.39 is 84.1 Å². The summed E-state index contributed by atoms with van der Waals surface area (Å²) in [7, 11) is 0. The van der Waals surface area contributed by atoms with E-state index in [2.05, 4.69) is 0 Å². The van der Waals surface area contributed by atoms with E-state index in [1.165, 1.54) is 0 Å². The molecule has 4 atom stereocenters. The number of benzene rings is 2. The first-order chi connectivity index (χ1) is 15.5. The van der Waals surface area contributed by atoms with Crippen LogP contribution >= 0.6 is 0 Å². The monoisotopic (exact) mass is 468 g/mol. The van der Waals surface area contributed by atoms with Crippen LogP contribution in [-0.4, -0.2) is 90.4 Å². The summed E-state index contributed by atoms with van der Waals surface area (Å²) < 4.78 is 15.2. The SMILES string of the molecule is O=C(OC[C@@H]1OC[C@H](OC(=O)c2cc(O)c(O)c(O)c2)[C@@H](O)[C@@H]1O)c1cc(O)c(O)c(O)c1. The molecule has 8 N–H and O–H groups in total. The van der Waals surface area contributed by atoms with Gasteiger partial charge in [0.15, 0.2) is 40.6 Å². The number of phenolic OH excluding ortho intramolecular Hbond substituents is 6. The van der Waals surface area contributed by atoms with Gasteiger partial charge in [0.2, 0.25) is 0 Å². The Kier molecular flexibility index (Phi) is 6.67. The summed E-state index contributed by atoms with van der Waals surface area (Å²) in [4.78, 5) is 24.3. The average Bonchev–Trinajstić information content (AvgIpc) is 2.77. The quantitative estimate of drug-likeness (QED) is 0.203. The molecule has 13 nitrogen and oxygen atoms in total. The molecule has 13 heteroatoms. The molecular formula is C20H20O13. The molecule has 1 saturated heterocycles. The third-order valence-electron chi connectivity index (χ3n) is 4.83. The van der Waals surface area contributed by atoms with Crippen molar-refractivity contribution >= 4 is 11.9 Å². The zero-order valence-corrected chi connectivity index (χ0v) is 16.7. The van der Waals surface area contributed by atoms with Gasteiger partial charge in [-0.3, -0.25) is 0 Å². The van der Waals surface area contributed by atoms with Crippen molar-refractivity contribution in [3.05, 3.63) is 35.4 Å². The van der Waals surface area contributed by atoms with Crippen LogP contribution in [0.1, 0.15) is 20.7 Å². The van der Waals surface area contributed by atoms with Gasteiger partial charge in [0.1, 0.15) is 24.9 Å². The number of carbonyl (C=O) groups is 2. The summed E-state index contributed by atoms with van der Waals surface area (Å²) in [5.41, 5.74) is -0.651. The summed E-state index contributed by atoms with van der Waals surface area (Å²) in [6.45, 7) is -0.969. The maximum Gasteiger partial charge on any atom is 0.338 e. The molecule has 33 heavy (non-hydrogen) atoms. The molecule has 1 aliphatic heterocycles. The molecule has 0 spiro atoms.